The third-order valence-electron chi connectivity index (χ3n) is 12.6. The number of para-hydroxylation sites is 1. The molecule has 0 aliphatic heterocycles. The van der Waals surface area contributed by atoms with E-state index in [2.05, 4.69) is 52.5 Å². The molecule has 81 heavy (non-hydrogen) atoms. The van der Waals surface area contributed by atoms with Crippen molar-refractivity contribution in [2.75, 3.05) is 13.2 Å². The first-order valence-electron chi connectivity index (χ1n) is 26.3. The van der Waals surface area contributed by atoms with Gasteiger partial charge in [0.25, 0.3) is 0 Å². The summed E-state index contributed by atoms with van der Waals surface area (Å²) in [5.41, 5.74) is 23.3. The zero-order valence-electron chi connectivity index (χ0n) is 46.2. The van der Waals surface area contributed by atoms with Crippen LogP contribution in [0.5, 0.6) is 0 Å². The molecule has 0 unspecified atom stereocenters. The van der Waals surface area contributed by atoms with E-state index >= 15 is 0 Å². The maximum absolute atomic E-state index is 14.4. The summed E-state index contributed by atoms with van der Waals surface area (Å²) in [6.07, 6.45) is -1.76. The summed E-state index contributed by atoms with van der Waals surface area (Å²) in [6, 6.07) is -7.08. The van der Waals surface area contributed by atoms with Crippen LogP contribution in [0.3, 0.4) is 0 Å². The summed E-state index contributed by atoms with van der Waals surface area (Å²) in [5, 5.41) is 58.3. The molecule has 0 fully saturated rings. The van der Waals surface area contributed by atoms with Crippen LogP contribution in [-0.4, -0.2) is 170 Å². The van der Waals surface area contributed by atoms with E-state index in [1.807, 2.05) is 18.2 Å². The third-order valence-corrected chi connectivity index (χ3v) is 12.6. The first-order chi connectivity index (χ1) is 38.0. The quantitative estimate of drug-likeness (QED) is 0.0177. The smallest absolute Gasteiger partial charge is 0.326 e. The number of carboxylic acid groups (broad SMARTS) is 3. The highest BCUT2D eigenvalue weighted by atomic mass is 16.4. The zero-order chi connectivity index (χ0) is 61.3. The average Bonchev–Trinajstić information content (AvgIpc) is 3.80. The van der Waals surface area contributed by atoms with Gasteiger partial charge in [0.15, 0.2) is 5.96 Å². The van der Waals surface area contributed by atoms with Crippen molar-refractivity contribution in [3.63, 3.8) is 0 Å². The molecule has 2 rings (SSSR count). The molecular weight excluding hydrogens is 1060 g/mol. The largest absolute Gasteiger partial charge is 0.481 e. The van der Waals surface area contributed by atoms with Crippen LogP contribution in [0.1, 0.15) is 105 Å². The Labute approximate surface area is 467 Å². The number of rotatable bonds is 37. The van der Waals surface area contributed by atoms with Gasteiger partial charge in [0, 0.05) is 36.5 Å². The number of aliphatic imine (C=N–C) groups is 1. The van der Waals surface area contributed by atoms with Crippen LogP contribution in [0.2, 0.25) is 0 Å². The van der Waals surface area contributed by atoms with Crippen LogP contribution < -0.4 is 65.5 Å². The molecule has 0 spiro atoms. The highest BCUT2D eigenvalue weighted by Crippen LogP contribution is 2.20. The van der Waals surface area contributed by atoms with Gasteiger partial charge in [0.05, 0.1) is 19.4 Å². The maximum Gasteiger partial charge on any atom is 0.326 e. The number of aromatic amines is 1. The number of aliphatic hydroxyl groups is 1. The average molecular weight is 1150 g/mol. The molecule has 1 aromatic heterocycles. The zero-order valence-corrected chi connectivity index (χ0v) is 46.2. The van der Waals surface area contributed by atoms with Crippen molar-refractivity contribution in [3.8, 4) is 0 Å². The van der Waals surface area contributed by atoms with Gasteiger partial charge in [-0.05, 0) is 61.5 Å². The topological polar surface area (TPSA) is 514 Å². The van der Waals surface area contributed by atoms with Gasteiger partial charge in [-0.15, -0.1) is 0 Å². The van der Waals surface area contributed by atoms with Crippen molar-refractivity contribution in [1.82, 2.24) is 47.5 Å². The highest BCUT2D eigenvalue weighted by molar-refractivity contribution is 6.00. The predicted octanol–water partition coefficient (Wildman–Crippen LogP) is -3.60. The molecule has 21 N–H and O–H groups in total. The maximum atomic E-state index is 14.4. The van der Waals surface area contributed by atoms with Crippen LogP contribution in [0.25, 0.3) is 10.9 Å². The molecule has 2 aromatic rings. The van der Waals surface area contributed by atoms with Crippen LogP contribution >= 0.6 is 0 Å². The predicted molar refractivity (Wildman–Crippen MR) is 291 cm³/mol. The molecule has 10 atom stereocenters. The van der Waals surface area contributed by atoms with E-state index in [0.717, 1.165) is 10.9 Å². The molecule has 1 aromatic carbocycles. The third kappa shape index (κ3) is 24.2. The number of benzene rings is 1. The Morgan fingerprint density at radius 1 is 0.580 bits per heavy atom. The van der Waals surface area contributed by atoms with Gasteiger partial charge in [-0.2, -0.15) is 0 Å². The van der Waals surface area contributed by atoms with Crippen molar-refractivity contribution >= 4 is 87.9 Å². The van der Waals surface area contributed by atoms with E-state index < -0.39 is 164 Å². The van der Waals surface area contributed by atoms with Crippen molar-refractivity contribution in [2.45, 2.75) is 160 Å². The molecule has 30 heteroatoms. The highest BCUT2D eigenvalue weighted by Gasteiger charge is 2.37. The van der Waals surface area contributed by atoms with E-state index in [1.54, 1.807) is 53.8 Å². The van der Waals surface area contributed by atoms with E-state index in [1.165, 1.54) is 0 Å². The summed E-state index contributed by atoms with van der Waals surface area (Å²) < 4.78 is 0. The monoisotopic (exact) mass is 1140 g/mol. The number of carbonyl (C=O) groups excluding carboxylic acids is 9. The van der Waals surface area contributed by atoms with Crippen molar-refractivity contribution in [2.24, 2.45) is 45.7 Å². The van der Waals surface area contributed by atoms with Crippen LogP contribution in [0.15, 0.2) is 35.5 Å². The minimum atomic E-state index is -2.06. The SMILES string of the molecule is CC[C@H](C)[C@H](NC(=O)[C@H](CCCN=C(N)N)NC(=O)[C@H](CC(N)=O)NC(=O)[C@H](CC(=O)O)NC(=O)[C@H](CCC(=O)O)NC(=O)[C@@H](N)CO)C(=O)N[C@@H](CC(C)C)C(=O)N[C@@H](CC(C)C)C(=O)N[C@@H](Cc1c[nH]c2ccccc12)C(=O)O. The Balaban J connectivity index is 2.46. The number of nitrogens with zero attached hydrogens (tertiary/aromatic N) is 1. The van der Waals surface area contributed by atoms with Crippen molar-refractivity contribution < 1.29 is 78.0 Å². The summed E-state index contributed by atoms with van der Waals surface area (Å²) in [5.74, 6) is -15.4. The number of fused-ring (bicyclic) bond motifs is 1. The summed E-state index contributed by atoms with van der Waals surface area (Å²) >= 11 is 0. The Kier molecular flexibility index (Phi) is 28.7. The number of hydrogen-bond donors (Lipinski definition) is 17. The number of carboxylic acids is 3. The molecule has 0 saturated heterocycles. The summed E-state index contributed by atoms with van der Waals surface area (Å²) in [7, 11) is 0. The lowest BCUT2D eigenvalue weighted by Crippen LogP contribution is -2.61. The molecule has 0 aliphatic carbocycles. The second kappa shape index (κ2) is 33.9. The Morgan fingerprint density at radius 3 is 1.56 bits per heavy atom. The van der Waals surface area contributed by atoms with Gasteiger partial charge < -0.3 is 90.9 Å². The van der Waals surface area contributed by atoms with E-state index in [0.29, 0.717) is 5.56 Å². The number of hydrogen-bond acceptors (Lipinski definition) is 15. The number of aliphatic carboxylic acids is 3. The lowest BCUT2D eigenvalue weighted by Gasteiger charge is -2.30. The standard InChI is InChI=1S/C51H80N14O16/c1-7-26(6)41(49(79)63-34(18-25(4)5)45(75)60-33(17-24(2)3)46(76)64-37(50(80)81)19-27-22-57-30-12-9-8-11-28(27)30)65-44(74)31(13-10-16-56-51(54)55)59-47(77)35(20-38(53)67)61-48(78)36(21-40(70)71)62-43(73)32(14-15-39(68)69)58-42(72)29(52)23-66/h8-9,11-12,22,24-26,29,31-37,41,57,66H,7,10,13-21,23,52H2,1-6H3,(H2,53,67)(H,58,72)(H,59,77)(H,60,75)(H,61,78)(H,62,73)(H,63,79)(H,64,76)(H,65,74)(H,68,69)(H,70,71)(H,80,81)(H4,54,55,56)/t26-,29-,31-,32-,33-,34-,35-,36-,37-,41-/m0/s1. The number of primary amides is 1. The molecule has 0 aliphatic rings. The first kappa shape index (κ1) is 68.7. The fourth-order valence-electron chi connectivity index (χ4n) is 8.17. The number of guanidine groups is 1. The molecule has 9 amide bonds. The number of amides is 9. The Bertz CT molecular complexity index is 2570. The lowest BCUT2D eigenvalue weighted by molar-refractivity contribution is -0.142. The van der Waals surface area contributed by atoms with Gasteiger partial charge >= 0.3 is 17.9 Å². The van der Waals surface area contributed by atoms with Gasteiger partial charge in [-0.3, -0.25) is 57.7 Å². The van der Waals surface area contributed by atoms with Crippen LogP contribution in [-0.2, 0) is 64.0 Å². The molecule has 450 valence electrons. The minimum absolute atomic E-state index is 0.00317. The van der Waals surface area contributed by atoms with Crippen LogP contribution in [0, 0.1) is 17.8 Å². The number of aromatic nitrogens is 1. The molecule has 1 heterocycles. The van der Waals surface area contributed by atoms with Gasteiger partial charge in [0.2, 0.25) is 53.2 Å². The number of aliphatic hydroxyl groups excluding tert-OH is 1. The second-order valence-electron chi connectivity index (χ2n) is 20.4. The molecule has 30 nitrogen and oxygen atoms in total. The van der Waals surface area contributed by atoms with E-state index in [-0.39, 0.29) is 62.9 Å². The number of nitrogens with one attached hydrogen (secondary N) is 9. The fraction of sp³-hybridized carbons (Fsp3) is 0.588. The van der Waals surface area contributed by atoms with Gasteiger partial charge in [0.1, 0.15) is 54.4 Å². The first-order valence-corrected chi connectivity index (χ1v) is 26.3. The molecule has 0 saturated carbocycles. The summed E-state index contributed by atoms with van der Waals surface area (Å²) in [4.78, 5) is 165. The van der Waals surface area contributed by atoms with E-state index in [4.69, 9.17) is 22.9 Å². The molecular formula is C51H80N14O16. The minimum Gasteiger partial charge on any atom is -0.481 e. The normalized spacial score (nSPS) is 14.9. The summed E-state index contributed by atoms with van der Waals surface area (Å²) in [6.45, 7) is 9.48. The lowest BCUT2D eigenvalue weighted by atomic mass is 9.95. The number of nitrogens with two attached hydrogens (primary N) is 4. The Morgan fingerprint density at radius 2 is 1.05 bits per heavy atom. The van der Waals surface area contributed by atoms with Gasteiger partial charge in [-0.25, -0.2) is 4.79 Å². The number of H-pyrrole nitrogens is 1. The second-order valence-corrected chi connectivity index (χ2v) is 20.4. The van der Waals surface area contributed by atoms with Crippen LogP contribution in [0.4, 0.5) is 0 Å². The van der Waals surface area contributed by atoms with E-state index in [9.17, 15) is 78.0 Å². The molecule has 0 bridgehead atoms. The van der Waals surface area contributed by atoms with Gasteiger partial charge in [-0.1, -0.05) is 66.2 Å². The number of carbonyl (C=O) groups is 12. The fourth-order valence-corrected chi connectivity index (χ4v) is 8.17. The van der Waals surface area contributed by atoms with Crippen molar-refractivity contribution in [1.29, 1.82) is 0 Å². The van der Waals surface area contributed by atoms with Crippen molar-refractivity contribution in [3.05, 3.63) is 36.0 Å². The Hall–Kier alpha value is -8.41. The molecule has 0 radical (unpaired) electrons.